The quantitative estimate of drug-likeness (QED) is 0.584. The molecule has 1 saturated heterocycles. The van der Waals surface area contributed by atoms with Crippen LogP contribution in [0.25, 0.3) is 0 Å². The third-order valence-electron chi connectivity index (χ3n) is 2.19. The Kier molecular flexibility index (Phi) is 3.27. The SMILES string of the molecule is C=C[SiH2]C1(CF)CCCCO1. The van der Waals surface area contributed by atoms with E-state index in [1.165, 1.54) is 0 Å². The molecule has 1 nitrogen and oxygen atoms in total. The molecule has 0 aromatic carbocycles. The highest BCUT2D eigenvalue weighted by molar-refractivity contribution is 6.45. The Labute approximate surface area is 69.5 Å². The summed E-state index contributed by atoms with van der Waals surface area (Å²) in [6, 6.07) is 0. The summed E-state index contributed by atoms with van der Waals surface area (Å²) >= 11 is 0. The van der Waals surface area contributed by atoms with Crippen LogP contribution in [0.4, 0.5) is 4.39 Å². The maximum Gasteiger partial charge on any atom is 0.115 e. The number of rotatable bonds is 3. The second-order valence-electron chi connectivity index (χ2n) is 3.12. The molecule has 11 heavy (non-hydrogen) atoms. The van der Waals surface area contributed by atoms with Gasteiger partial charge in [-0.25, -0.2) is 4.39 Å². The summed E-state index contributed by atoms with van der Waals surface area (Å²) in [5.41, 5.74) is 1.88. The van der Waals surface area contributed by atoms with E-state index >= 15 is 0 Å². The van der Waals surface area contributed by atoms with Crippen LogP contribution >= 0.6 is 0 Å². The molecule has 0 aromatic heterocycles. The summed E-state index contributed by atoms with van der Waals surface area (Å²) in [5.74, 6) is 0. The highest BCUT2D eigenvalue weighted by Crippen LogP contribution is 2.24. The summed E-state index contributed by atoms with van der Waals surface area (Å²) in [6.45, 7) is 4.09. The first-order valence-electron chi connectivity index (χ1n) is 4.14. The first kappa shape index (κ1) is 8.94. The Morgan fingerprint density at radius 2 is 2.45 bits per heavy atom. The summed E-state index contributed by atoms with van der Waals surface area (Å²) in [6.07, 6.45) is 3.11. The van der Waals surface area contributed by atoms with Gasteiger partial charge in [0, 0.05) is 6.61 Å². The molecule has 0 amide bonds. The van der Waals surface area contributed by atoms with Gasteiger partial charge in [0.25, 0.3) is 0 Å². The van der Waals surface area contributed by atoms with E-state index in [1.807, 2.05) is 5.70 Å². The molecule has 1 heterocycles. The molecule has 1 aliphatic heterocycles. The average Bonchev–Trinajstić information content (AvgIpc) is 2.07. The van der Waals surface area contributed by atoms with E-state index in [9.17, 15) is 4.39 Å². The molecule has 1 fully saturated rings. The van der Waals surface area contributed by atoms with Crippen molar-refractivity contribution >= 4 is 9.52 Å². The molecule has 0 spiro atoms. The third-order valence-corrected chi connectivity index (χ3v) is 3.97. The Morgan fingerprint density at radius 1 is 1.64 bits per heavy atom. The number of hydrogen-bond donors (Lipinski definition) is 0. The molecule has 0 saturated carbocycles. The maximum absolute atomic E-state index is 12.6. The zero-order valence-electron chi connectivity index (χ0n) is 6.81. The van der Waals surface area contributed by atoms with Crippen molar-refractivity contribution in [2.24, 2.45) is 0 Å². The Bertz CT molecular complexity index is 132. The zero-order valence-corrected chi connectivity index (χ0v) is 8.23. The largest absolute Gasteiger partial charge is 0.376 e. The van der Waals surface area contributed by atoms with Gasteiger partial charge in [-0.05, 0) is 19.3 Å². The molecule has 0 aromatic rings. The van der Waals surface area contributed by atoms with Gasteiger partial charge in [-0.15, -0.1) is 12.3 Å². The summed E-state index contributed by atoms with van der Waals surface area (Å²) in [4.78, 5) is 0. The Morgan fingerprint density at radius 3 is 2.91 bits per heavy atom. The van der Waals surface area contributed by atoms with Gasteiger partial charge in [-0.1, -0.05) is 0 Å². The van der Waals surface area contributed by atoms with Crippen LogP contribution in [0.3, 0.4) is 0 Å². The minimum atomic E-state index is -0.564. The first-order valence-corrected chi connectivity index (χ1v) is 5.66. The lowest BCUT2D eigenvalue weighted by Gasteiger charge is -2.33. The fraction of sp³-hybridized carbons (Fsp3) is 0.750. The van der Waals surface area contributed by atoms with E-state index in [0.29, 0.717) is 0 Å². The van der Waals surface area contributed by atoms with Crippen LogP contribution in [-0.4, -0.2) is 28.0 Å². The molecule has 1 unspecified atom stereocenters. The van der Waals surface area contributed by atoms with E-state index in [-0.39, 0.29) is 11.9 Å². The summed E-state index contributed by atoms with van der Waals surface area (Å²) < 4.78 is 18.1. The Balaban J connectivity index is 2.49. The number of hydrogen-bond acceptors (Lipinski definition) is 1. The van der Waals surface area contributed by atoms with Crippen molar-refractivity contribution < 1.29 is 9.13 Å². The van der Waals surface area contributed by atoms with Crippen molar-refractivity contribution in [2.75, 3.05) is 13.3 Å². The van der Waals surface area contributed by atoms with Crippen molar-refractivity contribution in [2.45, 2.75) is 24.5 Å². The third kappa shape index (κ3) is 2.14. The molecular weight excluding hydrogens is 159 g/mol. The van der Waals surface area contributed by atoms with Crippen molar-refractivity contribution in [3.63, 3.8) is 0 Å². The monoisotopic (exact) mass is 174 g/mol. The Hall–Kier alpha value is -0.153. The predicted octanol–water partition coefficient (Wildman–Crippen LogP) is 1.17. The fourth-order valence-corrected chi connectivity index (χ4v) is 2.85. The predicted molar refractivity (Wildman–Crippen MR) is 47.3 cm³/mol. The fourth-order valence-electron chi connectivity index (χ4n) is 1.49. The normalized spacial score (nSPS) is 32.8. The van der Waals surface area contributed by atoms with Crippen molar-refractivity contribution in [3.8, 4) is 0 Å². The van der Waals surface area contributed by atoms with Crippen LogP contribution in [0.1, 0.15) is 19.3 Å². The van der Waals surface area contributed by atoms with E-state index in [2.05, 4.69) is 6.58 Å². The van der Waals surface area contributed by atoms with Gasteiger partial charge in [0.2, 0.25) is 0 Å². The molecule has 0 radical (unpaired) electrons. The van der Waals surface area contributed by atoms with Crippen LogP contribution < -0.4 is 0 Å². The van der Waals surface area contributed by atoms with Crippen LogP contribution in [0.15, 0.2) is 12.3 Å². The van der Waals surface area contributed by atoms with Crippen molar-refractivity contribution in [3.05, 3.63) is 12.3 Å². The maximum atomic E-state index is 12.6. The summed E-state index contributed by atoms with van der Waals surface area (Å²) in [7, 11) is -0.564. The minimum absolute atomic E-state index is 0.314. The smallest absolute Gasteiger partial charge is 0.115 e. The van der Waals surface area contributed by atoms with E-state index in [4.69, 9.17) is 4.74 Å². The van der Waals surface area contributed by atoms with Gasteiger partial charge < -0.3 is 4.74 Å². The van der Waals surface area contributed by atoms with E-state index in [0.717, 1.165) is 25.9 Å². The van der Waals surface area contributed by atoms with E-state index in [1.54, 1.807) is 0 Å². The highest BCUT2D eigenvalue weighted by Gasteiger charge is 2.31. The van der Waals surface area contributed by atoms with Gasteiger partial charge in [0.05, 0.1) is 14.7 Å². The van der Waals surface area contributed by atoms with Gasteiger partial charge >= 0.3 is 0 Å². The van der Waals surface area contributed by atoms with Gasteiger partial charge in [0.15, 0.2) is 0 Å². The van der Waals surface area contributed by atoms with Crippen molar-refractivity contribution in [1.82, 2.24) is 0 Å². The first-order chi connectivity index (χ1) is 5.33. The number of halogens is 1. The lowest BCUT2D eigenvalue weighted by Crippen LogP contribution is -2.43. The average molecular weight is 174 g/mol. The minimum Gasteiger partial charge on any atom is -0.376 e. The second-order valence-corrected chi connectivity index (χ2v) is 5.39. The molecule has 1 aliphatic rings. The molecule has 3 heteroatoms. The summed E-state index contributed by atoms with van der Waals surface area (Å²) in [5, 5.41) is -0.375. The molecule has 0 bridgehead atoms. The van der Waals surface area contributed by atoms with Gasteiger partial charge in [-0.2, -0.15) is 0 Å². The molecule has 1 rings (SSSR count). The van der Waals surface area contributed by atoms with Crippen molar-refractivity contribution in [1.29, 1.82) is 0 Å². The number of alkyl halides is 1. The molecule has 64 valence electrons. The lowest BCUT2D eigenvalue weighted by atomic mass is 10.1. The van der Waals surface area contributed by atoms with Gasteiger partial charge in [0.1, 0.15) is 6.67 Å². The van der Waals surface area contributed by atoms with E-state index < -0.39 is 9.52 Å². The van der Waals surface area contributed by atoms with Gasteiger partial charge in [-0.3, -0.25) is 0 Å². The standard InChI is InChI=1S/C8H15FOSi/c1-2-11-8(7-9)5-3-4-6-10-8/h2H,1,3-7,11H2. The lowest BCUT2D eigenvalue weighted by molar-refractivity contribution is -0.0333. The molecule has 1 atom stereocenters. The van der Waals surface area contributed by atoms with Crippen LogP contribution in [0.2, 0.25) is 0 Å². The highest BCUT2D eigenvalue weighted by atomic mass is 28.2. The topological polar surface area (TPSA) is 9.23 Å². The molecule has 0 aliphatic carbocycles. The molecule has 0 N–H and O–H groups in total. The molecular formula is C8H15FOSi. The van der Waals surface area contributed by atoms with Crippen LogP contribution in [0.5, 0.6) is 0 Å². The second kappa shape index (κ2) is 4.02. The zero-order chi connectivity index (χ0) is 8.16. The number of ether oxygens (including phenoxy) is 1. The van der Waals surface area contributed by atoms with Crippen LogP contribution in [-0.2, 0) is 4.74 Å². The van der Waals surface area contributed by atoms with Crippen LogP contribution in [0, 0.1) is 0 Å².